The summed E-state index contributed by atoms with van der Waals surface area (Å²) >= 11 is 0. The molecule has 0 atom stereocenters. The van der Waals surface area contributed by atoms with Gasteiger partial charge >= 0.3 is 0 Å². The molecule has 0 aliphatic carbocycles. The third kappa shape index (κ3) is 5.02. The van der Waals surface area contributed by atoms with Crippen LogP contribution in [0.15, 0.2) is 23.2 Å². The van der Waals surface area contributed by atoms with Gasteiger partial charge in [-0.2, -0.15) is 0 Å². The molecule has 0 saturated carbocycles. The van der Waals surface area contributed by atoms with Crippen molar-refractivity contribution in [2.45, 2.75) is 40.0 Å². The van der Waals surface area contributed by atoms with Gasteiger partial charge in [-0.05, 0) is 81.9 Å². The lowest BCUT2D eigenvalue weighted by atomic mass is 9.97. The van der Waals surface area contributed by atoms with Crippen LogP contribution in [0.4, 0.5) is 5.69 Å². The van der Waals surface area contributed by atoms with E-state index in [9.17, 15) is 0 Å². The van der Waals surface area contributed by atoms with Crippen molar-refractivity contribution in [1.29, 1.82) is 0 Å². The van der Waals surface area contributed by atoms with Gasteiger partial charge in [-0.1, -0.05) is 13.0 Å². The second-order valence-corrected chi connectivity index (χ2v) is 6.43. The first-order valence-corrected chi connectivity index (χ1v) is 8.45. The number of aryl methyl sites for hydroxylation is 2. The van der Waals surface area contributed by atoms with E-state index >= 15 is 0 Å². The molecule has 0 radical (unpaired) electrons. The first-order chi connectivity index (χ1) is 10.6. The zero-order valence-electron chi connectivity index (χ0n) is 14.2. The van der Waals surface area contributed by atoms with Crippen LogP contribution in [0.3, 0.4) is 0 Å². The minimum Gasteiger partial charge on any atom is -0.370 e. The monoisotopic (exact) mass is 302 g/mol. The largest absolute Gasteiger partial charge is 0.370 e. The molecular weight excluding hydrogens is 272 g/mol. The molecule has 0 bridgehead atoms. The Morgan fingerprint density at radius 1 is 1.27 bits per heavy atom. The Kier molecular flexibility index (Phi) is 6.25. The first kappa shape index (κ1) is 16.8. The van der Waals surface area contributed by atoms with E-state index < -0.39 is 0 Å². The van der Waals surface area contributed by atoms with Gasteiger partial charge in [0.2, 0.25) is 0 Å². The number of nitrogens with one attached hydrogen (secondary N) is 1. The molecule has 1 aliphatic rings. The summed E-state index contributed by atoms with van der Waals surface area (Å²) in [5.74, 6) is 1.20. The lowest BCUT2D eigenvalue weighted by Gasteiger charge is -2.30. The molecule has 0 unspecified atom stereocenters. The number of anilines is 1. The van der Waals surface area contributed by atoms with Crippen molar-refractivity contribution >= 4 is 11.6 Å². The average molecular weight is 302 g/mol. The lowest BCUT2D eigenvalue weighted by Crippen LogP contribution is -2.35. The fourth-order valence-corrected chi connectivity index (χ4v) is 2.94. The summed E-state index contributed by atoms with van der Waals surface area (Å²) in [6, 6.07) is 6.27. The molecule has 2 rings (SSSR count). The Balaban J connectivity index is 1.79. The molecule has 0 spiro atoms. The second kappa shape index (κ2) is 8.18. The van der Waals surface area contributed by atoms with Gasteiger partial charge in [0.25, 0.3) is 0 Å². The maximum atomic E-state index is 6.01. The normalized spacial score (nSPS) is 17.7. The van der Waals surface area contributed by atoms with Gasteiger partial charge in [-0.25, -0.2) is 0 Å². The standard InChI is InChI=1S/C18H30N4/c1-4-9-22-10-7-16(8-11-22)13-20-18(19)21-17-6-5-14(2)15(3)12-17/h5-6,12,16H,4,7-11,13H2,1-3H3,(H3,19,20,21). The molecule has 3 N–H and O–H groups in total. The maximum Gasteiger partial charge on any atom is 0.193 e. The van der Waals surface area contributed by atoms with Gasteiger partial charge in [-0.15, -0.1) is 0 Å². The van der Waals surface area contributed by atoms with E-state index in [-0.39, 0.29) is 0 Å². The van der Waals surface area contributed by atoms with Gasteiger partial charge in [0.05, 0.1) is 0 Å². The molecule has 1 heterocycles. The Morgan fingerprint density at radius 2 is 2.00 bits per heavy atom. The number of nitrogens with zero attached hydrogens (tertiary/aromatic N) is 2. The number of nitrogens with two attached hydrogens (primary N) is 1. The van der Waals surface area contributed by atoms with Crippen LogP contribution in [0.5, 0.6) is 0 Å². The molecule has 1 fully saturated rings. The van der Waals surface area contributed by atoms with Crippen molar-refractivity contribution < 1.29 is 0 Å². The molecule has 4 nitrogen and oxygen atoms in total. The Bertz CT molecular complexity index is 502. The fourth-order valence-electron chi connectivity index (χ4n) is 2.94. The summed E-state index contributed by atoms with van der Waals surface area (Å²) in [6.45, 7) is 10.9. The molecule has 0 amide bonds. The van der Waals surface area contributed by atoms with E-state index in [1.165, 1.54) is 50.0 Å². The van der Waals surface area contributed by atoms with Crippen LogP contribution in [0, 0.1) is 19.8 Å². The van der Waals surface area contributed by atoms with Crippen molar-refractivity contribution in [3.8, 4) is 0 Å². The summed E-state index contributed by atoms with van der Waals surface area (Å²) < 4.78 is 0. The van der Waals surface area contributed by atoms with Crippen molar-refractivity contribution in [1.82, 2.24) is 4.90 Å². The number of aliphatic imine (C=N–C) groups is 1. The average Bonchev–Trinajstić information content (AvgIpc) is 2.51. The molecule has 1 saturated heterocycles. The van der Waals surface area contributed by atoms with Gasteiger partial charge in [-0.3, -0.25) is 4.99 Å². The van der Waals surface area contributed by atoms with E-state index in [2.05, 4.69) is 48.1 Å². The Hall–Kier alpha value is -1.55. The molecule has 122 valence electrons. The van der Waals surface area contributed by atoms with Crippen molar-refractivity contribution in [2.75, 3.05) is 31.5 Å². The van der Waals surface area contributed by atoms with Gasteiger partial charge in [0, 0.05) is 12.2 Å². The number of piperidine rings is 1. The predicted octanol–water partition coefficient (Wildman–Crippen LogP) is 3.15. The van der Waals surface area contributed by atoms with E-state index in [1.54, 1.807) is 0 Å². The number of hydrogen-bond donors (Lipinski definition) is 2. The highest BCUT2D eigenvalue weighted by molar-refractivity contribution is 5.92. The minimum absolute atomic E-state index is 0.527. The van der Waals surface area contributed by atoms with Crippen LogP contribution in [-0.2, 0) is 0 Å². The summed E-state index contributed by atoms with van der Waals surface area (Å²) in [5.41, 5.74) is 9.59. The number of guanidine groups is 1. The molecule has 22 heavy (non-hydrogen) atoms. The number of benzene rings is 1. The van der Waals surface area contributed by atoms with E-state index in [4.69, 9.17) is 5.73 Å². The number of likely N-dealkylation sites (tertiary alicyclic amines) is 1. The van der Waals surface area contributed by atoms with Crippen molar-refractivity contribution in [2.24, 2.45) is 16.6 Å². The van der Waals surface area contributed by atoms with Gasteiger partial charge < -0.3 is 16.0 Å². The third-order valence-corrected chi connectivity index (χ3v) is 4.55. The maximum absolute atomic E-state index is 6.01. The van der Waals surface area contributed by atoms with Crippen LogP contribution in [-0.4, -0.2) is 37.0 Å². The van der Waals surface area contributed by atoms with Crippen LogP contribution in [0.25, 0.3) is 0 Å². The second-order valence-electron chi connectivity index (χ2n) is 6.43. The molecule has 1 aromatic rings. The van der Waals surface area contributed by atoms with Crippen LogP contribution in [0.2, 0.25) is 0 Å². The smallest absolute Gasteiger partial charge is 0.193 e. The minimum atomic E-state index is 0.527. The number of hydrogen-bond acceptors (Lipinski definition) is 2. The zero-order chi connectivity index (χ0) is 15.9. The highest BCUT2D eigenvalue weighted by Crippen LogP contribution is 2.18. The quantitative estimate of drug-likeness (QED) is 0.649. The van der Waals surface area contributed by atoms with Crippen LogP contribution in [0.1, 0.15) is 37.3 Å². The Morgan fingerprint density at radius 3 is 2.64 bits per heavy atom. The topological polar surface area (TPSA) is 53.6 Å². The van der Waals surface area contributed by atoms with Crippen molar-refractivity contribution in [3.05, 3.63) is 29.3 Å². The van der Waals surface area contributed by atoms with E-state index in [0.29, 0.717) is 11.9 Å². The molecular formula is C18H30N4. The van der Waals surface area contributed by atoms with Gasteiger partial charge in [0.1, 0.15) is 0 Å². The highest BCUT2D eigenvalue weighted by Gasteiger charge is 2.18. The molecule has 1 aliphatic heterocycles. The summed E-state index contributed by atoms with van der Waals surface area (Å²) in [7, 11) is 0. The summed E-state index contributed by atoms with van der Waals surface area (Å²) in [4.78, 5) is 7.08. The Labute approximate surface area is 134 Å². The SMILES string of the molecule is CCCN1CCC(CN=C(N)Nc2ccc(C)c(C)c2)CC1. The summed E-state index contributed by atoms with van der Waals surface area (Å²) in [5, 5.41) is 3.20. The van der Waals surface area contributed by atoms with Crippen LogP contribution >= 0.6 is 0 Å². The molecule has 4 heteroatoms. The summed E-state index contributed by atoms with van der Waals surface area (Å²) in [6.07, 6.45) is 3.72. The first-order valence-electron chi connectivity index (χ1n) is 8.45. The zero-order valence-corrected chi connectivity index (χ0v) is 14.2. The van der Waals surface area contributed by atoms with E-state index in [0.717, 1.165) is 12.2 Å². The molecule has 1 aromatic carbocycles. The highest BCUT2D eigenvalue weighted by atomic mass is 15.1. The molecule has 0 aromatic heterocycles. The fraction of sp³-hybridized carbons (Fsp3) is 0.611. The third-order valence-electron chi connectivity index (χ3n) is 4.55. The van der Waals surface area contributed by atoms with E-state index in [1.807, 2.05) is 6.07 Å². The van der Waals surface area contributed by atoms with Crippen LogP contribution < -0.4 is 11.1 Å². The lowest BCUT2D eigenvalue weighted by molar-refractivity contribution is 0.188. The van der Waals surface area contributed by atoms with Crippen molar-refractivity contribution in [3.63, 3.8) is 0 Å². The van der Waals surface area contributed by atoms with Gasteiger partial charge in [0.15, 0.2) is 5.96 Å². The number of rotatable bonds is 5. The predicted molar refractivity (Wildman–Crippen MR) is 95.5 cm³/mol.